The van der Waals surface area contributed by atoms with Crippen LogP contribution in [0.25, 0.3) is 0 Å². The number of ether oxygens (including phenoxy) is 1. The standard InChI is InChI=1S/C21H25NOS.C12H16O3/c1-3-4-15-20(22-17(2)23)19-14-10-5-6-11-16-21(19)24-18-12-8-7-9-13-18;1-4-9-5-7-10(8-6-9)15-12(2,3)11(13)14/h5-9,11-14,20H,3-4,10,15H2,1-2H3,(H,22,23);5-8H,4H2,1-3H3,(H,13,14)/b6-5-,19-14-;. The molecule has 39 heavy (non-hydrogen) atoms. The largest absolute Gasteiger partial charge is 0.478 e. The number of benzene rings is 2. The lowest BCUT2D eigenvalue weighted by atomic mass is 9.98. The number of nitrogens with one attached hydrogen (secondary N) is 1. The molecule has 5 nitrogen and oxygen atoms in total. The van der Waals surface area contributed by atoms with E-state index in [1.165, 1.54) is 29.9 Å². The van der Waals surface area contributed by atoms with Crippen LogP contribution in [0.4, 0.5) is 0 Å². The quantitative estimate of drug-likeness (QED) is 0.280. The molecule has 1 amide bonds. The molecule has 2 aromatic carbocycles. The maximum atomic E-state index is 11.7. The lowest BCUT2D eigenvalue weighted by Crippen LogP contribution is -2.37. The van der Waals surface area contributed by atoms with E-state index in [1.54, 1.807) is 30.8 Å². The summed E-state index contributed by atoms with van der Waals surface area (Å²) in [6.45, 7) is 8.89. The van der Waals surface area contributed by atoms with Crippen molar-refractivity contribution in [2.45, 2.75) is 83.3 Å². The van der Waals surface area contributed by atoms with Crippen molar-refractivity contribution in [3.63, 3.8) is 0 Å². The van der Waals surface area contributed by atoms with E-state index in [4.69, 9.17) is 9.84 Å². The molecule has 0 fully saturated rings. The molecule has 1 aliphatic rings. The van der Waals surface area contributed by atoms with Crippen LogP contribution in [0.2, 0.25) is 0 Å². The van der Waals surface area contributed by atoms with Gasteiger partial charge in [0.1, 0.15) is 5.75 Å². The predicted molar refractivity (Wildman–Crippen MR) is 161 cm³/mol. The second-order valence-corrected chi connectivity index (χ2v) is 10.8. The summed E-state index contributed by atoms with van der Waals surface area (Å²) in [6, 6.07) is 17.8. The topological polar surface area (TPSA) is 75.6 Å². The van der Waals surface area contributed by atoms with Crippen molar-refractivity contribution >= 4 is 23.6 Å². The van der Waals surface area contributed by atoms with E-state index in [2.05, 4.69) is 49.2 Å². The van der Waals surface area contributed by atoms with Gasteiger partial charge >= 0.3 is 5.97 Å². The van der Waals surface area contributed by atoms with Crippen LogP contribution >= 0.6 is 11.8 Å². The van der Waals surface area contributed by atoms with Crippen LogP contribution in [-0.2, 0) is 16.0 Å². The number of allylic oxidation sites excluding steroid dienone is 3. The number of unbranched alkanes of at least 4 members (excludes halogenated alkanes) is 1. The van der Waals surface area contributed by atoms with Crippen molar-refractivity contribution < 1.29 is 19.4 Å². The Hall–Kier alpha value is -3.47. The molecule has 0 bridgehead atoms. The third kappa shape index (κ3) is 11.4. The van der Waals surface area contributed by atoms with Gasteiger partial charge in [0.25, 0.3) is 0 Å². The van der Waals surface area contributed by atoms with Gasteiger partial charge < -0.3 is 15.2 Å². The van der Waals surface area contributed by atoms with Crippen molar-refractivity contribution in [1.29, 1.82) is 0 Å². The summed E-state index contributed by atoms with van der Waals surface area (Å²) in [5.41, 5.74) is 4.59. The highest BCUT2D eigenvalue weighted by atomic mass is 32.2. The highest BCUT2D eigenvalue weighted by Crippen LogP contribution is 2.34. The lowest BCUT2D eigenvalue weighted by Gasteiger charge is -2.23. The Morgan fingerprint density at radius 1 is 1.10 bits per heavy atom. The van der Waals surface area contributed by atoms with Crippen molar-refractivity contribution in [3.05, 3.63) is 101 Å². The SMILES string of the molecule is CCCCC(NC(C)=O)/C1=C/C/C=C\C=C=C1Sc1ccccc1.CCc1ccc(OC(C)(C)C(=O)O)cc1. The number of aryl methyl sites for hydroxylation is 1. The molecule has 1 aliphatic carbocycles. The van der Waals surface area contributed by atoms with Gasteiger partial charge in [0.2, 0.25) is 5.91 Å². The molecule has 208 valence electrons. The molecule has 0 radical (unpaired) electrons. The zero-order chi connectivity index (χ0) is 28.7. The number of carbonyl (C=O) groups excluding carboxylic acids is 1. The average Bonchev–Trinajstić information content (AvgIpc) is 2.89. The van der Waals surface area contributed by atoms with Crippen LogP contribution in [0.5, 0.6) is 5.75 Å². The Morgan fingerprint density at radius 2 is 1.79 bits per heavy atom. The van der Waals surface area contributed by atoms with E-state index in [9.17, 15) is 9.59 Å². The molecule has 0 saturated heterocycles. The van der Waals surface area contributed by atoms with Crippen LogP contribution < -0.4 is 10.1 Å². The van der Waals surface area contributed by atoms with Crippen LogP contribution in [0.15, 0.2) is 100 Å². The van der Waals surface area contributed by atoms with Crippen LogP contribution in [0.1, 0.15) is 65.9 Å². The minimum atomic E-state index is -1.19. The molecule has 0 spiro atoms. The lowest BCUT2D eigenvalue weighted by molar-refractivity contribution is -0.152. The Morgan fingerprint density at radius 3 is 2.38 bits per heavy atom. The molecule has 0 heterocycles. The smallest absolute Gasteiger partial charge is 0.347 e. The Balaban J connectivity index is 0.000000306. The first kappa shape index (κ1) is 31.7. The summed E-state index contributed by atoms with van der Waals surface area (Å²) < 4.78 is 5.36. The number of hydrogen-bond acceptors (Lipinski definition) is 4. The first-order valence-electron chi connectivity index (χ1n) is 13.5. The summed E-state index contributed by atoms with van der Waals surface area (Å²) in [5.74, 6) is -0.371. The van der Waals surface area contributed by atoms with Gasteiger partial charge in [-0.15, -0.1) is 5.73 Å². The number of thioether (sulfide) groups is 1. The summed E-state index contributed by atoms with van der Waals surface area (Å²) >= 11 is 1.70. The molecule has 0 saturated carbocycles. The summed E-state index contributed by atoms with van der Waals surface area (Å²) in [6.07, 6.45) is 13.3. The molecule has 1 unspecified atom stereocenters. The van der Waals surface area contributed by atoms with Gasteiger partial charge in [-0.25, -0.2) is 4.79 Å². The average molecular weight is 548 g/mol. The number of amides is 1. The monoisotopic (exact) mass is 547 g/mol. The number of rotatable bonds is 11. The maximum absolute atomic E-state index is 11.7. The van der Waals surface area contributed by atoms with E-state index < -0.39 is 11.6 Å². The fourth-order valence-corrected chi connectivity index (χ4v) is 4.73. The van der Waals surface area contributed by atoms with Crippen LogP contribution in [0.3, 0.4) is 0 Å². The fraction of sp³-hybridized carbons (Fsp3) is 0.364. The van der Waals surface area contributed by atoms with Gasteiger partial charge in [-0.3, -0.25) is 4.79 Å². The number of carbonyl (C=O) groups is 2. The normalized spacial score (nSPS) is 15.7. The Labute approximate surface area is 237 Å². The Kier molecular flexibility index (Phi) is 13.4. The van der Waals surface area contributed by atoms with Gasteiger partial charge in [0.15, 0.2) is 5.60 Å². The van der Waals surface area contributed by atoms with E-state index >= 15 is 0 Å². The van der Waals surface area contributed by atoms with E-state index in [0.29, 0.717) is 5.75 Å². The summed E-state index contributed by atoms with van der Waals surface area (Å²) in [5, 5.41) is 12.0. The zero-order valence-electron chi connectivity index (χ0n) is 23.7. The fourth-order valence-electron chi connectivity index (χ4n) is 3.73. The van der Waals surface area contributed by atoms with Crippen LogP contribution in [0, 0.1) is 0 Å². The number of carboxylic acids is 1. The first-order valence-corrected chi connectivity index (χ1v) is 14.3. The molecule has 3 rings (SSSR count). The second kappa shape index (κ2) is 16.5. The van der Waals surface area contributed by atoms with E-state index in [-0.39, 0.29) is 11.9 Å². The molecule has 0 aliphatic heterocycles. The summed E-state index contributed by atoms with van der Waals surface area (Å²) in [4.78, 5) is 24.8. The third-order valence-electron chi connectivity index (χ3n) is 5.96. The van der Waals surface area contributed by atoms with Gasteiger partial charge in [-0.05, 0) is 74.6 Å². The van der Waals surface area contributed by atoms with Gasteiger partial charge in [-0.1, -0.05) is 87.0 Å². The summed E-state index contributed by atoms with van der Waals surface area (Å²) in [7, 11) is 0. The molecule has 0 aromatic heterocycles. The minimum absolute atomic E-state index is 0.0163. The van der Waals surface area contributed by atoms with Gasteiger partial charge in [-0.2, -0.15) is 0 Å². The molecule has 2 aromatic rings. The van der Waals surface area contributed by atoms with E-state index in [0.717, 1.165) is 37.0 Å². The number of hydrogen-bond donors (Lipinski definition) is 2. The zero-order valence-corrected chi connectivity index (χ0v) is 24.5. The highest BCUT2D eigenvalue weighted by molar-refractivity contribution is 8.03. The van der Waals surface area contributed by atoms with Crippen LogP contribution in [-0.4, -0.2) is 28.6 Å². The minimum Gasteiger partial charge on any atom is -0.478 e. The van der Waals surface area contributed by atoms with Crippen molar-refractivity contribution in [2.75, 3.05) is 0 Å². The molecular weight excluding hydrogens is 506 g/mol. The van der Waals surface area contributed by atoms with E-state index in [1.807, 2.05) is 42.5 Å². The van der Waals surface area contributed by atoms with Crippen molar-refractivity contribution in [1.82, 2.24) is 5.32 Å². The van der Waals surface area contributed by atoms with Gasteiger partial charge in [0.05, 0.1) is 10.9 Å². The van der Waals surface area contributed by atoms with Gasteiger partial charge in [0, 0.05) is 11.8 Å². The molecular formula is C33H41NO4S. The predicted octanol–water partition coefficient (Wildman–Crippen LogP) is 7.89. The highest BCUT2D eigenvalue weighted by Gasteiger charge is 2.29. The molecule has 1 atom stereocenters. The number of carboxylic acid groups (broad SMARTS) is 1. The molecule has 6 heteroatoms. The third-order valence-corrected chi connectivity index (χ3v) is 7.03. The van der Waals surface area contributed by atoms with Crippen molar-refractivity contribution in [2.24, 2.45) is 0 Å². The Bertz CT molecular complexity index is 1190. The number of aliphatic carboxylic acids is 1. The first-order chi connectivity index (χ1) is 18.7. The molecule has 2 N–H and O–H groups in total. The maximum Gasteiger partial charge on any atom is 0.347 e. The van der Waals surface area contributed by atoms with Crippen molar-refractivity contribution in [3.8, 4) is 5.75 Å². The second-order valence-electron chi connectivity index (χ2n) is 9.69.